The van der Waals surface area contributed by atoms with E-state index in [1.165, 1.54) is 0 Å². The summed E-state index contributed by atoms with van der Waals surface area (Å²) in [6.45, 7) is 4.01. The minimum Gasteiger partial charge on any atom is -0.399 e. The van der Waals surface area contributed by atoms with Crippen LogP contribution >= 0.6 is 11.8 Å². The minimum absolute atomic E-state index is 0.0405. The predicted molar refractivity (Wildman–Crippen MR) is 75.5 cm³/mol. The Morgan fingerprint density at radius 2 is 2.18 bits per heavy atom. The van der Waals surface area contributed by atoms with Crippen LogP contribution in [0.15, 0.2) is 18.2 Å². The Labute approximate surface area is 107 Å². The van der Waals surface area contributed by atoms with Crippen molar-refractivity contribution < 1.29 is 4.79 Å². The minimum atomic E-state index is -0.0405. The van der Waals surface area contributed by atoms with Crippen molar-refractivity contribution in [2.75, 3.05) is 17.7 Å². The molecule has 1 aromatic rings. The van der Waals surface area contributed by atoms with E-state index in [0.29, 0.717) is 11.3 Å². The molecule has 4 heteroatoms. The first-order valence-electron chi connectivity index (χ1n) is 5.73. The van der Waals surface area contributed by atoms with Gasteiger partial charge in [0.1, 0.15) is 0 Å². The van der Waals surface area contributed by atoms with E-state index >= 15 is 0 Å². The maximum absolute atomic E-state index is 12.0. The Hall–Kier alpha value is -1.16. The SMILES string of the molecule is CCC(CSC)NC(=O)c1cc(C)cc(N)c1. The number of nitrogens with one attached hydrogen (secondary N) is 1. The molecule has 94 valence electrons. The van der Waals surface area contributed by atoms with Crippen molar-refractivity contribution >= 4 is 23.4 Å². The summed E-state index contributed by atoms with van der Waals surface area (Å²) in [6, 6.07) is 5.65. The summed E-state index contributed by atoms with van der Waals surface area (Å²) < 4.78 is 0. The fourth-order valence-electron chi connectivity index (χ4n) is 1.68. The number of nitrogen functional groups attached to an aromatic ring is 1. The van der Waals surface area contributed by atoms with E-state index in [1.54, 1.807) is 17.8 Å². The second-order valence-corrected chi connectivity index (χ2v) is 5.08. The molecule has 0 radical (unpaired) electrons. The van der Waals surface area contributed by atoms with Crippen LogP contribution in [0.5, 0.6) is 0 Å². The van der Waals surface area contributed by atoms with Crippen LogP contribution in [0.4, 0.5) is 5.69 Å². The highest BCUT2D eigenvalue weighted by Gasteiger charge is 2.12. The smallest absolute Gasteiger partial charge is 0.251 e. The summed E-state index contributed by atoms with van der Waals surface area (Å²) in [6.07, 6.45) is 2.98. The van der Waals surface area contributed by atoms with Crippen LogP contribution in [-0.4, -0.2) is 24.0 Å². The molecule has 0 bridgehead atoms. The number of anilines is 1. The molecule has 0 aromatic heterocycles. The molecule has 0 spiro atoms. The maximum atomic E-state index is 12.0. The Bertz CT molecular complexity index is 373. The monoisotopic (exact) mass is 252 g/mol. The third kappa shape index (κ3) is 4.30. The van der Waals surface area contributed by atoms with Crippen molar-refractivity contribution in [3.63, 3.8) is 0 Å². The Kier molecular flexibility index (Phi) is 5.35. The summed E-state index contributed by atoms with van der Waals surface area (Å²) in [5.74, 6) is 0.894. The van der Waals surface area contributed by atoms with Gasteiger partial charge in [0.2, 0.25) is 0 Å². The van der Waals surface area contributed by atoms with E-state index in [1.807, 2.05) is 25.3 Å². The molecule has 0 aliphatic carbocycles. The van der Waals surface area contributed by atoms with E-state index in [-0.39, 0.29) is 11.9 Å². The normalized spacial score (nSPS) is 12.2. The number of aryl methyl sites for hydroxylation is 1. The van der Waals surface area contributed by atoms with Crippen molar-refractivity contribution in [2.45, 2.75) is 26.3 Å². The van der Waals surface area contributed by atoms with Crippen molar-refractivity contribution in [1.29, 1.82) is 0 Å². The van der Waals surface area contributed by atoms with Gasteiger partial charge in [-0.1, -0.05) is 6.92 Å². The Morgan fingerprint density at radius 3 is 2.71 bits per heavy atom. The number of amides is 1. The van der Waals surface area contributed by atoms with E-state index in [4.69, 9.17) is 5.73 Å². The molecule has 1 amide bonds. The molecule has 1 rings (SSSR count). The molecule has 0 aliphatic heterocycles. The van der Waals surface area contributed by atoms with Crippen molar-refractivity contribution in [3.05, 3.63) is 29.3 Å². The molecule has 1 atom stereocenters. The van der Waals surface area contributed by atoms with Crippen molar-refractivity contribution in [3.8, 4) is 0 Å². The van der Waals surface area contributed by atoms with Gasteiger partial charge in [-0.25, -0.2) is 0 Å². The molecule has 3 N–H and O–H groups in total. The number of rotatable bonds is 5. The second-order valence-electron chi connectivity index (χ2n) is 4.17. The highest BCUT2D eigenvalue weighted by Crippen LogP contribution is 2.12. The maximum Gasteiger partial charge on any atom is 0.251 e. The van der Waals surface area contributed by atoms with E-state index in [0.717, 1.165) is 17.7 Å². The molecule has 0 saturated heterocycles. The van der Waals surface area contributed by atoms with Crippen molar-refractivity contribution in [1.82, 2.24) is 5.32 Å². The van der Waals surface area contributed by atoms with E-state index in [9.17, 15) is 4.79 Å². The van der Waals surface area contributed by atoms with Gasteiger partial charge >= 0.3 is 0 Å². The van der Waals surface area contributed by atoms with Gasteiger partial charge in [-0.15, -0.1) is 0 Å². The zero-order valence-corrected chi connectivity index (χ0v) is 11.4. The molecule has 3 nitrogen and oxygen atoms in total. The zero-order chi connectivity index (χ0) is 12.8. The van der Waals surface area contributed by atoms with Gasteiger partial charge in [0.05, 0.1) is 0 Å². The number of carbonyl (C=O) groups is 1. The molecule has 1 aromatic carbocycles. The fraction of sp³-hybridized carbons (Fsp3) is 0.462. The number of thioether (sulfide) groups is 1. The van der Waals surface area contributed by atoms with Crippen LogP contribution in [0.1, 0.15) is 29.3 Å². The van der Waals surface area contributed by atoms with Crippen LogP contribution in [0, 0.1) is 6.92 Å². The Morgan fingerprint density at radius 1 is 1.47 bits per heavy atom. The molecule has 0 aliphatic rings. The van der Waals surface area contributed by atoms with Gasteiger partial charge in [-0.05, 0) is 43.4 Å². The van der Waals surface area contributed by atoms with Gasteiger partial charge in [0.25, 0.3) is 5.91 Å². The highest BCUT2D eigenvalue weighted by atomic mass is 32.2. The van der Waals surface area contributed by atoms with Crippen LogP contribution in [0.2, 0.25) is 0 Å². The predicted octanol–water partition coefficient (Wildman–Crippen LogP) is 2.45. The first-order valence-corrected chi connectivity index (χ1v) is 7.13. The molecule has 1 unspecified atom stereocenters. The Balaban J connectivity index is 2.75. The van der Waals surface area contributed by atoms with E-state index in [2.05, 4.69) is 12.2 Å². The number of nitrogens with two attached hydrogens (primary N) is 1. The van der Waals surface area contributed by atoms with Crippen LogP contribution < -0.4 is 11.1 Å². The third-order valence-electron chi connectivity index (χ3n) is 2.56. The van der Waals surface area contributed by atoms with Gasteiger partial charge in [0, 0.05) is 23.0 Å². The first-order chi connectivity index (χ1) is 8.06. The summed E-state index contributed by atoms with van der Waals surface area (Å²) in [5, 5.41) is 3.02. The van der Waals surface area contributed by atoms with Crippen LogP contribution in [-0.2, 0) is 0 Å². The molecule has 0 heterocycles. The zero-order valence-electron chi connectivity index (χ0n) is 10.6. The number of carbonyl (C=O) groups excluding carboxylic acids is 1. The average Bonchev–Trinajstić information content (AvgIpc) is 2.27. The molecular weight excluding hydrogens is 232 g/mol. The highest BCUT2D eigenvalue weighted by molar-refractivity contribution is 7.98. The van der Waals surface area contributed by atoms with Crippen molar-refractivity contribution in [2.24, 2.45) is 0 Å². The first kappa shape index (κ1) is 13.9. The van der Waals surface area contributed by atoms with Gasteiger partial charge in [0.15, 0.2) is 0 Å². The lowest BCUT2D eigenvalue weighted by atomic mass is 10.1. The lowest BCUT2D eigenvalue weighted by Gasteiger charge is -2.16. The molecule has 17 heavy (non-hydrogen) atoms. The number of hydrogen-bond donors (Lipinski definition) is 2. The molecule has 0 fully saturated rings. The summed E-state index contributed by atoms with van der Waals surface area (Å²) in [5.41, 5.74) is 8.02. The lowest BCUT2D eigenvalue weighted by Crippen LogP contribution is -2.36. The average molecular weight is 252 g/mol. The van der Waals surface area contributed by atoms with Gasteiger partial charge in [-0.2, -0.15) is 11.8 Å². The lowest BCUT2D eigenvalue weighted by molar-refractivity contribution is 0.0940. The standard InChI is InChI=1S/C13H20N2OS/c1-4-12(8-17-3)15-13(16)10-5-9(2)6-11(14)7-10/h5-7,12H,4,8,14H2,1-3H3,(H,15,16). The quantitative estimate of drug-likeness (QED) is 0.791. The van der Waals surface area contributed by atoms with Gasteiger partial charge < -0.3 is 11.1 Å². The largest absolute Gasteiger partial charge is 0.399 e. The second kappa shape index (κ2) is 6.55. The number of hydrogen-bond acceptors (Lipinski definition) is 3. The summed E-state index contributed by atoms with van der Waals surface area (Å²) in [4.78, 5) is 12.0. The topological polar surface area (TPSA) is 55.1 Å². The van der Waals surface area contributed by atoms with Crippen LogP contribution in [0.3, 0.4) is 0 Å². The number of benzene rings is 1. The van der Waals surface area contributed by atoms with Crippen LogP contribution in [0.25, 0.3) is 0 Å². The summed E-state index contributed by atoms with van der Waals surface area (Å²) >= 11 is 1.74. The van der Waals surface area contributed by atoms with Gasteiger partial charge in [-0.3, -0.25) is 4.79 Å². The summed E-state index contributed by atoms with van der Waals surface area (Å²) in [7, 11) is 0. The molecular formula is C13H20N2OS. The fourth-order valence-corrected chi connectivity index (χ4v) is 2.40. The van der Waals surface area contributed by atoms with E-state index < -0.39 is 0 Å². The molecule has 0 saturated carbocycles. The third-order valence-corrected chi connectivity index (χ3v) is 3.29.